The van der Waals surface area contributed by atoms with E-state index >= 15 is 0 Å². The number of likely N-dealkylation sites (N-methyl/N-ethyl adjacent to an activating group) is 1. The van der Waals surface area contributed by atoms with E-state index in [0.717, 1.165) is 25.6 Å². The van der Waals surface area contributed by atoms with E-state index in [1.54, 1.807) is 17.8 Å². The van der Waals surface area contributed by atoms with E-state index in [9.17, 15) is 9.59 Å². The van der Waals surface area contributed by atoms with E-state index in [4.69, 9.17) is 5.10 Å². The lowest BCUT2D eigenvalue weighted by Crippen LogP contribution is -2.47. The smallest absolute Gasteiger partial charge is 0.270 e. The number of carbonyl (C=O) groups is 2. The van der Waals surface area contributed by atoms with Gasteiger partial charge in [0.1, 0.15) is 11.7 Å². The van der Waals surface area contributed by atoms with Crippen molar-refractivity contribution in [2.24, 2.45) is 0 Å². The predicted molar refractivity (Wildman–Crippen MR) is 144 cm³/mol. The van der Waals surface area contributed by atoms with Gasteiger partial charge in [0.05, 0.1) is 12.2 Å². The van der Waals surface area contributed by atoms with Crippen LogP contribution in [0.25, 0.3) is 11.3 Å². The summed E-state index contributed by atoms with van der Waals surface area (Å²) in [6, 6.07) is 26.2. The molecule has 3 aromatic carbocycles. The first-order valence-corrected chi connectivity index (χ1v) is 12.7. The van der Waals surface area contributed by atoms with E-state index in [1.807, 2.05) is 78.9 Å². The van der Waals surface area contributed by atoms with Crippen molar-refractivity contribution >= 4 is 43.7 Å². The molecule has 1 atom stereocenters. The van der Waals surface area contributed by atoms with Crippen LogP contribution in [0.15, 0.2) is 93.9 Å². The number of halogens is 2. The summed E-state index contributed by atoms with van der Waals surface area (Å²) in [5, 5.41) is 10.3. The highest BCUT2D eigenvalue weighted by Gasteiger charge is 2.24. The molecule has 4 rings (SSSR count). The molecule has 1 heterocycles. The Labute approximate surface area is 221 Å². The van der Waals surface area contributed by atoms with Gasteiger partial charge in [-0.15, -0.1) is 0 Å². The number of aromatic nitrogens is 2. The third kappa shape index (κ3) is 6.26. The average molecular weight is 596 g/mol. The van der Waals surface area contributed by atoms with E-state index in [1.165, 1.54) is 0 Å². The largest absolute Gasteiger partial charge is 0.357 e. The topological polar surface area (TPSA) is 76.0 Å². The van der Waals surface area contributed by atoms with Crippen LogP contribution in [0.1, 0.15) is 21.6 Å². The van der Waals surface area contributed by atoms with E-state index < -0.39 is 6.04 Å². The summed E-state index contributed by atoms with van der Waals surface area (Å²) in [6.07, 6.45) is 0.356. The summed E-state index contributed by atoms with van der Waals surface area (Å²) in [7, 11) is 1.56. The minimum atomic E-state index is -0.742. The van der Waals surface area contributed by atoms with E-state index in [0.29, 0.717) is 24.4 Å². The highest BCUT2D eigenvalue weighted by atomic mass is 79.9. The normalized spacial score (nSPS) is 11.6. The van der Waals surface area contributed by atoms with Gasteiger partial charge < -0.3 is 10.6 Å². The van der Waals surface area contributed by atoms with Crippen LogP contribution in [0.2, 0.25) is 0 Å². The molecular formula is C27H24Br2N4O2. The first-order valence-electron chi connectivity index (χ1n) is 11.1. The molecule has 2 N–H and O–H groups in total. The molecule has 6 nitrogen and oxygen atoms in total. The van der Waals surface area contributed by atoms with Crippen molar-refractivity contribution in [3.05, 3.63) is 111 Å². The molecule has 0 bridgehead atoms. The molecule has 0 spiro atoms. The number of hydrogen-bond acceptors (Lipinski definition) is 3. The Balaban J connectivity index is 1.66. The van der Waals surface area contributed by atoms with Gasteiger partial charge in [0.2, 0.25) is 5.91 Å². The molecule has 4 aromatic rings. The Morgan fingerprint density at radius 1 is 0.943 bits per heavy atom. The SMILES string of the molecule is CNC(=O)C(Cc1cccc(Br)c1)NC(=O)c1cc(-c2ccccc2)nn1Cc1ccccc1Br. The zero-order valence-corrected chi connectivity index (χ0v) is 22.2. The Hall–Kier alpha value is -3.23. The van der Waals surface area contributed by atoms with Crippen molar-refractivity contribution in [1.82, 2.24) is 20.4 Å². The van der Waals surface area contributed by atoms with Gasteiger partial charge in [0.25, 0.3) is 5.91 Å². The van der Waals surface area contributed by atoms with Gasteiger partial charge >= 0.3 is 0 Å². The van der Waals surface area contributed by atoms with Crippen LogP contribution in [-0.4, -0.2) is 34.7 Å². The molecule has 35 heavy (non-hydrogen) atoms. The van der Waals surface area contributed by atoms with Crippen LogP contribution in [0.5, 0.6) is 0 Å². The molecule has 0 saturated carbocycles. The Morgan fingerprint density at radius 3 is 2.40 bits per heavy atom. The Kier molecular flexibility index (Phi) is 8.15. The zero-order valence-electron chi connectivity index (χ0n) is 19.0. The highest BCUT2D eigenvalue weighted by Crippen LogP contribution is 2.22. The van der Waals surface area contributed by atoms with Crippen molar-refractivity contribution in [2.45, 2.75) is 19.0 Å². The average Bonchev–Trinajstić information content (AvgIpc) is 3.29. The number of hydrogen-bond donors (Lipinski definition) is 2. The fourth-order valence-corrected chi connectivity index (χ4v) is 4.63. The third-order valence-corrected chi connectivity index (χ3v) is 6.82. The minimum Gasteiger partial charge on any atom is -0.357 e. The van der Waals surface area contributed by atoms with Gasteiger partial charge in [0, 0.05) is 28.0 Å². The quantitative estimate of drug-likeness (QED) is 0.294. The molecule has 0 fully saturated rings. The third-order valence-electron chi connectivity index (χ3n) is 5.56. The summed E-state index contributed by atoms with van der Waals surface area (Å²) in [4.78, 5) is 26.1. The molecular weight excluding hydrogens is 572 g/mol. The van der Waals surface area contributed by atoms with Gasteiger partial charge in [-0.25, -0.2) is 0 Å². The first-order chi connectivity index (χ1) is 16.9. The minimum absolute atomic E-state index is 0.265. The standard InChI is InChI=1S/C27H24Br2N4O2/c1-30-26(34)24(15-18-8-7-12-21(28)14-18)31-27(35)25-16-23(19-9-3-2-4-10-19)32-33(25)17-20-11-5-6-13-22(20)29/h2-14,16,24H,15,17H2,1H3,(H,30,34)(H,31,35). The zero-order chi connectivity index (χ0) is 24.8. The monoisotopic (exact) mass is 594 g/mol. The number of nitrogens with zero attached hydrogens (tertiary/aromatic N) is 2. The first kappa shape index (κ1) is 24.9. The molecule has 2 amide bonds. The van der Waals surface area contributed by atoms with Crippen LogP contribution in [0.3, 0.4) is 0 Å². The second-order valence-electron chi connectivity index (χ2n) is 8.00. The molecule has 0 aliphatic heterocycles. The van der Waals surface area contributed by atoms with E-state index in [-0.39, 0.29) is 11.8 Å². The molecule has 0 radical (unpaired) electrons. The summed E-state index contributed by atoms with van der Waals surface area (Å²) in [5.74, 6) is -0.631. The van der Waals surface area contributed by atoms with Crippen molar-refractivity contribution in [2.75, 3.05) is 7.05 Å². The van der Waals surface area contributed by atoms with Crippen LogP contribution >= 0.6 is 31.9 Å². The molecule has 0 saturated heterocycles. The summed E-state index contributed by atoms with van der Waals surface area (Å²) < 4.78 is 3.52. The summed E-state index contributed by atoms with van der Waals surface area (Å²) in [6.45, 7) is 0.396. The molecule has 0 aliphatic rings. The van der Waals surface area contributed by atoms with E-state index in [2.05, 4.69) is 42.5 Å². The Morgan fingerprint density at radius 2 is 1.69 bits per heavy atom. The second kappa shape index (κ2) is 11.5. The van der Waals surface area contributed by atoms with Crippen LogP contribution in [-0.2, 0) is 17.8 Å². The van der Waals surface area contributed by atoms with Gasteiger partial charge in [-0.05, 0) is 35.4 Å². The van der Waals surface area contributed by atoms with Crippen molar-refractivity contribution in [3.8, 4) is 11.3 Å². The fraction of sp³-hybridized carbons (Fsp3) is 0.148. The maximum Gasteiger partial charge on any atom is 0.270 e. The number of nitrogens with one attached hydrogen (secondary N) is 2. The lowest BCUT2D eigenvalue weighted by atomic mass is 10.0. The molecule has 8 heteroatoms. The van der Waals surface area contributed by atoms with Crippen molar-refractivity contribution in [1.29, 1.82) is 0 Å². The van der Waals surface area contributed by atoms with Gasteiger partial charge in [0.15, 0.2) is 0 Å². The van der Waals surface area contributed by atoms with Crippen molar-refractivity contribution < 1.29 is 9.59 Å². The maximum absolute atomic E-state index is 13.5. The number of amides is 2. The highest BCUT2D eigenvalue weighted by molar-refractivity contribution is 9.10. The Bertz CT molecular complexity index is 1340. The molecule has 1 unspecified atom stereocenters. The van der Waals surface area contributed by atoms with Crippen LogP contribution in [0.4, 0.5) is 0 Å². The van der Waals surface area contributed by atoms with Gasteiger partial charge in [-0.1, -0.05) is 92.5 Å². The summed E-state index contributed by atoms with van der Waals surface area (Å²) in [5.41, 5.74) is 3.89. The molecule has 178 valence electrons. The predicted octanol–water partition coefficient (Wildman–Crippen LogP) is 5.21. The number of carbonyl (C=O) groups excluding carboxylic acids is 2. The van der Waals surface area contributed by atoms with Crippen LogP contribution < -0.4 is 10.6 Å². The summed E-state index contributed by atoms with van der Waals surface area (Å²) >= 11 is 7.04. The lowest BCUT2D eigenvalue weighted by molar-refractivity contribution is -0.122. The molecule has 1 aromatic heterocycles. The molecule has 0 aliphatic carbocycles. The number of benzene rings is 3. The van der Waals surface area contributed by atoms with Gasteiger partial charge in [-0.3, -0.25) is 14.3 Å². The second-order valence-corrected chi connectivity index (χ2v) is 9.77. The fourth-order valence-electron chi connectivity index (χ4n) is 3.77. The maximum atomic E-state index is 13.5. The lowest BCUT2D eigenvalue weighted by Gasteiger charge is -2.18. The van der Waals surface area contributed by atoms with Gasteiger partial charge in [-0.2, -0.15) is 5.10 Å². The number of rotatable bonds is 8. The van der Waals surface area contributed by atoms with Crippen molar-refractivity contribution in [3.63, 3.8) is 0 Å². The van der Waals surface area contributed by atoms with Crippen LogP contribution in [0, 0.1) is 0 Å².